The van der Waals surface area contributed by atoms with Gasteiger partial charge in [0.25, 0.3) is 0 Å². The molecule has 1 heterocycles. The van der Waals surface area contributed by atoms with Crippen molar-refractivity contribution in [2.45, 2.75) is 83.1 Å². The van der Waals surface area contributed by atoms with Crippen LogP contribution < -0.4 is 27.0 Å². The molecule has 1 aliphatic heterocycles. The third-order valence-corrected chi connectivity index (χ3v) is 5.53. The first kappa shape index (κ1) is 27.3. The van der Waals surface area contributed by atoms with Gasteiger partial charge >= 0.3 is 5.97 Å². The summed E-state index contributed by atoms with van der Waals surface area (Å²) in [7, 11) is 0. The zero-order valence-electron chi connectivity index (χ0n) is 18.7. The molecule has 0 aromatic rings. The fraction of sp³-hybridized carbons (Fsp3) is 0.750. The Morgan fingerprint density at radius 3 is 2.16 bits per heavy atom. The number of rotatable bonds is 13. The Balaban J connectivity index is 2.97. The van der Waals surface area contributed by atoms with E-state index in [1.54, 1.807) is 13.8 Å². The smallest absolute Gasteiger partial charge is 0.328 e. The number of carboxylic acid groups (broad SMARTS) is 1. The average molecular weight is 458 g/mol. The van der Waals surface area contributed by atoms with Gasteiger partial charge in [-0.15, -0.1) is 0 Å². The van der Waals surface area contributed by atoms with Crippen LogP contribution in [0.4, 0.5) is 0 Å². The molecule has 1 saturated heterocycles. The Kier molecular flexibility index (Phi) is 11.1. The number of hydrogen-bond acceptors (Lipinski definition) is 7. The van der Waals surface area contributed by atoms with E-state index >= 15 is 0 Å². The number of amides is 4. The van der Waals surface area contributed by atoms with Crippen molar-refractivity contribution in [3.63, 3.8) is 0 Å². The quantitative estimate of drug-likeness (QED) is 0.164. The van der Waals surface area contributed by atoms with E-state index in [1.807, 2.05) is 0 Å². The zero-order chi connectivity index (χ0) is 24.4. The van der Waals surface area contributed by atoms with Gasteiger partial charge in [0.15, 0.2) is 6.04 Å². The van der Waals surface area contributed by atoms with Crippen molar-refractivity contribution in [2.24, 2.45) is 11.7 Å². The number of nitrogens with one attached hydrogen (secondary N) is 4. The summed E-state index contributed by atoms with van der Waals surface area (Å²) in [5.41, 5.74) is 5.19. The average Bonchev–Trinajstić information content (AvgIpc) is 3.26. The number of aliphatic carboxylic acids is 1. The van der Waals surface area contributed by atoms with Gasteiger partial charge in [-0.25, -0.2) is 4.79 Å². The van der Waals surface area contributed by atoms with Crippen molar-refractivity contribution in [1.29, 1.82) is 0 Å². The van der Waals surface area contributed by atoms with E-state index in [9.17, 15) is 34.2 Å². The second-order valence-corrected chi connectivity index (χ2v) is 8.15. The fourth-order valence-corrected chi connectivity index (χ4v) is 3.32. The highest BCUT2D eigenvalue weighted by Crippen LogP contribution is 2.11. The van der Waals surface area contributed by atoms with Gasteiger partial charge in [-0.3, -0.25) is 19.2 Å². The zero-order valence-corrected chi connectivity index (χ0v) is 18.7. The molecule has 0 radical (unpaired) electrons. The van der Waals surface area contributed by atoms with Gasteiger partial charge in [0, 0.05) is 6.42 Å². The van der Waals surface area contributed by atoms with Crippen LogP contribution in [-0.2, 0) is 24.0 Å². The summed E-state index contributed by atoms with van der Waals surface area (Å²) in [6, 6.07) is -4.23. The lowest BCUT2D eigenvalue weighted by atomic mass is 9.96. The summed E-state index contributed by atoms with van der Waals surface area (Å²) in [5, 5.41) is 29.2. The van der Waals surface area contributed by atoms with Gasteiger partial charge in [-0.05, 0) is 38.6 Å². The first-order valence-electron chi connectivity index (χ1n) is 10.8. The monoisotopic (exact) mass is 457 g/mol. The van der Waals surface area contributed by atoms with Crippen LogP contribution in [0.5, 0.6) is 0 Å². The highest BCUT2D eigenvalue weighted by Gasteiger charge is 2.34. The minimum absolute atomic E-state index is 0.0557. The largest absolute Gasteiger partial charge is 0.480 e. The molecule has 8 N–H and O–H groups in total. The minimum Gasteiger partial charge on any atom is -0.480 e. The molecule has 0 aliphatic carbocycles. The van der Waals surface area contributed by atoms with Crippen molar-refractivity contribution in [1.82, 2.24) is 21.3 Å². The van der Waals surface area contributed by atoms with Crippen LogP contribution in [0, 0.1) is 5.92 Å². The van der Waals surface area contributed by atoms with Crippen LogP contribution in [0.2, 0.25) is 0 Å². The van der Waals surface area contributed by atoms with Crippen molar-refractivity contribution in [3.8, 4) is 0 Å². The number of nitrogens with two attached hydrogens (primary N) is 1. The number of aliphatic hydroxyl groups excluding tert-OH is 1. The van der Waals surface area contributed by atoms with Crippen molar-refractivity contribution < 1.29 is 34.2 Å². The van der Waals surface area contributed by atoms with Crippen LogP contribution in [0.3, 0.4) is 0 Å². The molecule has 4 amide bonds. The number of carbonyl (C=O) groups is 5. The Hall–Kier alpha value is -2.73. The maximum Gasteiger partial charge on any atom is 0.328 e. The maximum atomic E-state index is 13.0. The second kappa shape index (κ2) is 13.0. The molecule has 12 heteroatoms. The molecule has 182 valence electrons. The number of aliphatic hydroxyl groups is 1. The summed E-state index contributed by atoms with van der Waals surface area (Å²) >= 11 is 0. The Morgan fingerprint density at radius 2 is 1.69 bits per heavy atom. The summed E-state index contributed by atoms with van der Waals surface area (Å²) in [6.45, 7) is 5.39. The predicted octanol–water partition coefficient (Wildman–Crippen LogP) is -2.03. The molecule has 32 heavy (non-hydrogen) atoms. The fourth-order valence-electron chi connectivity index (χ4n) is 3.32. The van der Waals surface area contributed by atoms with Crippen LogP contribution >= 0.6 is 0 Å². The van der Waals surface area contributed by atoms with E-state index in [0.717, 1.165) is 6.42 Å². The number of carbonyl (C=O) groups excluding carboxylic acids is 4. The Morgan fingerprint density at radius 1 is 1.06 bits per heavy atom. The van der Waals surface area contributed by atoms with Crippen LogP contribution in [-0.4, -0.2) is 76.6 Å². The first-order chi connectivity index (χ1) is 15.0. The van der Waals surface area contributed by atoms with Crippen LogP contribution in [0.25, 0.3) is 0 Å². The van der Waals surface area contributed by atoms with Gasteiger partial charge in [-0.2, -0.15) is 0 Å². The molecule has 0 bridgehead atoms. The van der Waals surface area contributed by atoms with Crippen molar-refractivity contribution in [2.75, 3.05) is 6.54 Å². The molecular weight excluding hydrogens is 422 g/mol. The van der Waals surface area contributed by atoms with Crippen LogP contribution in [0.15, 0.2) is 0 Å². The normalized spacial score (nSPS) is 20.3. The molecule has 0 saturated carbocycles. The van der Waals surface area contributed by atoms with Gasteiger partial charge in [0.2, 0.25) is 23.6 Å². The Bertz CT molecular complexity index is 694. The molecule has 6 unspecified atom stereocenters. The summed E-state index contributed by atoms with van der Waals surface area (Å²) in [4.78, 5) is 60.7. The van der Waals surface area contributed by atoms with Crippen molar-refractivity contribution >= 4 is 29.6 Å². The maximum absolute atomic E-state index is 13.0. The summed E-state index contributed by atoms with van der Waals surface area (Å²) in [6.07, 6.45) is 0.352. The van der Waals surface area contributed by atoms with E-state index in [4.69, 9.17) is 5.73 Å². The standard InChI is InChI=1S/C20H35N5O7/c1-4-10(2)15(19(30)25-16(11(3)26)20(31)32)24-18(29)13(7-8-14(21)27)23-17(28)12-6-5-9-22-12/h10-13,15-16,22,26H,4-9H2,1-3H3,(H2,21,27)(H,23,28)(H,24,29)(H,25,30)(H,31,32). The first-order valence-corrected chi connectivity index (χ1v) is 10.8. The Labute approximate surface area is 187 Å². The molecule has 0 aromatic carbocycles. The minimum atomic E-state index is -1.55. The lowest BCUT2D eigenvalue weighted by molar-refractivity contribution is -0.145. The number of hydrogen-bond donors (Lipinski definition) is 7. The van der Waals surface area contributed by atoms with E-state index in [-0.39, 0.29) is 18.8 Å². The molecule has 1 fully saturated rings. The molecule has 0 spiro atoms. The molecular formula is C20H35N5O7. The predicted molar refractivity (Wildman–Crippen MR) is 114 cm³/mol. The van der Waals surface area contributed by atoms with Gasteiger partial charge in [0.05, 0.1) is 12.1 Å². The van der Waals surface area contributed by atoms with Crippen LogP contribution in [0.1, 0.15) is 52.9 Å². The highest BCUT2D eigenvalue weighted by atomic mass is 16.4. The lowest BCUT2D eigenvalue weighted by Crippen LogP contribution is -2.59. The third-order valence-electron chi connectivity index (χ3n) is 5.53. The molecule has 12 nitrogen and oxygen atoms in total. The summed E-state index contributed by atoms with van der Waals surface area (Å²) in [5.74, 6) is -4.31. The van der Waals surface area contributed by atoms with E-state index in [2.05, 4.69) is 21.3 Å². The molecule has 6 atom stereocenters. The summed E-state index contributed by atoms with van der Waals surface area (Å²) < 4.78 is 0. The highest BCUT2D eigenvalue weighted by molar-refractivity contribution is 5.94. The number of carboxylic acids is 1. The van der Waals surface area contributed by atoms with Crippen molar-refractivity contribution in [3.05, 3.63) is 0 Å². The molecule has 1 rings (SSSR count). The van der Waals surface area contributed by atoms with Gasteiger partial charge in [-0.1, -0.05) is 20.3 Å². The van der Waals surface area contributed by atoms with E-state index in [1.165, 1.54) is 6.92 Å². The molecule has 1 aliphatic rings. The lowest BCUT2D eigenvalue weighted by Gasteiger charge is -2.28. The van der Waals surface area contributed by atoms with E-state index in [0.29, 0.717) is 19.4 Å². The second-order valence-electron chi connectivity index (χ2n) is 8.15. The molecule has 0 aromatic heterocycles. The third kappa shape index (κ3) is 8.42. The van der Waals surface area contributed by atoms with Gasteiger partial charge < -0.3 is 37.2 Å². The topological polar surface area (TPSA) is 200 Å². The van der Waals surface area contributed by atoms with Gasteiger partial charge in [0.1, 0.15) is 12.1 Å². The number of primary amides is 1. The SMILES string of the molecule is CCC(C)C(NC(=O)C(CCC(N)=O)NC(=O)C1CCCN1)C(=O)NC(C(=O)O)C(C)O. The van der Waals surface area contributed by atoms with E-state index < -0.39 is 59.9 Å².